The number of nitrogens with zero attached hydrogens (tertiary/aromatic N) is 1. The van der Waals surface area contributed by atoms with Crippen molar-refractivity contribution in [1.29, 1.82) is 0 Å². The SMILES string of the molecule is CCOC(=O)[C@@H]1c2c([nH]c3ccccc23)C[C@@H](c2ccccc2F)[C@@]12C(=O)N(C)c1ccccc12. The molecule has 0 saturated heterocycles. The zero-order valence-electron chi connectivity index (χ0n) is 19.5. The third-order valence-corrected chi connectivity index (χ3v) is 7.70. The van der Waals surface area contributed by atoms with Crippen molar-refractivity contribution >= 4 is 28.5 Å². The molecule has 6 rings (SSSR count). The number of ether oxygens (including phenoxy) is 1. The van der Waals surface area contributed by atoms with Gasteiger partial charge in [-0.3, -0.25) is 9.59 Å². The van der Waals surface area contributed by atoms with Gasteiger partial charge in [0, 0.05) is 35.2 Å². The molecule has 0 bridgehead atoms. The molecule has 3 aromatic carbocycles. The first-order valence-corrected chi connectivity index (χ1v) is 11.9. The average Bonchev–Trinajstić information content (AvgIpc) is 3.34. The number of amides is 1. The van der Waals surface area contributed by atoms with Crippen molar-refractivity contribution in [3.63, 3.8) is 0 Å². The highest BCUT2D eigenvalue weighted by Crippen LogP contribution is 2.61. The zero-order chi connectivity index (χ0) is 24.3. The number of fused-ring (bicyclic) bond motifs is 5. The lowest BCUT2D eigenvalue weighted by Crippen LogP contribution is -2.53. The van der Waals surface area contributed by atoms with Crippen LogP contribution in [0.2, 0.25) is 0 Å². The third-order valence-electron chi connectivity index (χ3n) is 7.70. The molecular weight excluding hydrogens is 443 g/mol. The molecule has 1 aliphatic carbocycles. The van der Waals surface area contributed by atoms with E-state index < -0.39 is 23.2 Å². The van der Waals surface area contributed by atoms with Crippen LogP contribution in [-0.4, -0.2) is 30.5 Å². The summed E-state index contributed by atoms with van der Waals surface area (Å²) in [5, 5.41) is 0.881. The fraction of sp³-hybridized carbons (Fsp3) is 0.241. The Bertz CT molecular complexity index is 1490. The molecule has 1 N–H and O–H groups in total. The van der Waals surface area contributed by atoms with Crippen LogP contribution in [0, 0.1) is 5.82 Å². The molecule has 0 saturated carbocycles. The lowest BCUT2D eigenvalue weighted by molar-refractivity contribution is -0.150. The van der Waals surface area contributed by atoms with Gasteiger partial charge in [0.05, 0.1) is 6.61 Å². The number of likely N-dealkylation sites (N-methyl/N-ethyl adjacent to an activating group) is 1. The fourth-order valence-electron chi connectivity index (χ4n) is 6.38. The fourth-order valence-corrected chi connectivity index (χ4v) is 6.38. The van der Waals surface area contributed by atoms with Gasteiger partial charge in [0.1, 0.15) is 17.2 Å². The van der Waals surface area contributed by atoms with Gasteiger partial charge in [0.2, 0.25) is 5.91 Å². The van der Waals surface area contributed by atoms with Crippen LogP contribution in [0.4, 0.5) is 10.1 Å². The molecule has 0 unspecified atom stereocenters. The molecule has 1 amide bonds. The van der Waals surface area contributed by atoms with Gasteiger partial charge in [0.25, 0.3) is 0 Å². The molecule has 1 aromatic heterocycles. The monoisotopic (exact) mass is 468 g/mol. The smallest absolute Gasteiger partial charge is 0.314 e. The van der Waals surface area contributed by atoms with E-state index in [0.29, 0.717) is 12.0 Å². The summed E-state index contributed by atoms with van der Waals surface area (Å²) < 4.78 is 21.1. The highest BCUT2D eigenvalue weighted by Gasteiger charge is 2.65. The maximum Gasteiger partial charge on any atom is 0.314 e. The van der Waals surface area contributed by atoms with Gasteiger partial charge in [-0.05, 0) is 48.2 Å². The van der Waals surface area contributed by atoms with Crippen molar-refractivity contribution in [2.75, 3.05) is 18.6 Å². The summed E-state index contributed by atoms with van der Waals surface area (Å²) in [6.07, 6.45) is 0.384. The van der Waals surface area contributed by atoms with Crippen molar-refractivity contribution in [3.8, 4) is 0 Å². The number of nitrogens with one attached hydrogen (secondary N) is 1. The van der Waals surface area contributed by atoms with Crippen LogP contribution >= 0.6 is 0 Å². The lowest BCUT2D eigenvalue weighted by atomic mass is 9.54. The highest BCUT2D eigenvalue weighted by atomic mass is 19.1. The van der Waals surface area contributed by atoms with E-state index in [-0.39, 0.29) is 18.3 Å². The summed E-state index contributed by atoms with van der Waals surface area (Å²) in [5.41, 5.74) is 3.02. The third kappa shape index (κ3) is 2.80. The van der Waals surface area contributed by atoms with Gasteiger partial charge in [-0.2, -0.15) is 0 Å². The van der Waals surface area contributed by atoms with Crippen LogP contribution < -0.4 is 4.90 Å². The number of hydrogen-bond acceptors (Lipinski definition) is 3. The Labute approximate surface area is 202 Å². The average molecular weight is 469 g/mol. The topological polar surface area (TPSA) is 62.4 Å². The van der Waals surface area contributed by atoms with Crippen molar-refractivity contribution in [2.24, 2.45) is 0 Å². The second kappa shape index (κ2) is 7.80. The molecule has 0 radical (unpaired) electrons. The summed E-state index contributed by atoms with van der Waals surface area (Å²) in [6.45, 7) is 1.94. The van der Waals surface area contributed by atoms with Crippen LogP contribution in [0.25, 0.3) is 10.9 Å². The quantitative estimate of drug-likeness (QED) is 0.420. The van der Waals surface area contributed by atoms with E-state index in [1.54, 1.807) is 37.1 Å². The number of para-hydroxylation sites is 2. The molecule has 2 aliphatic rings. The van der Waals surface area contributed by atoms with Gasteiger partial charge in [-0.25, -0.2) is 4.39 Å². The van der Waals surface area contributed by atoms with Crippen LogP contribution in [0.3, 0.4) is 0 Å². The molecule has 176 valence electrons. The standard InChI is InChI=1S/C29H25FN2O3/c1-3-35-27(33)26-25-18-11-5-8-14-22(18)31-23(25)16-20(17-10-4-7-13-21(17)30)29(26)19-12-6-9-15-24(19)32(2)28(29)34/h4-15,20,26,31H,3,16H2,1-2H3/t20-,26-,29+/m0/s1. The predicted molar refractivity (Wildman–Crippen MR) is 132 cm³/mol. The Morgan fingerprint density at radius 2 is 1.80 bits per heavy atom. The molecule has 2 heterocycles. The zero-order valence-corrected chi connectivity index (χ0v) is 19.5. The number of aromatic amines is 1. The van der Waals surface area contributed by atoms with Gasteiger partial charge < -0.3 is 14.6 Å². The molecule has 6 heteroatoms. The Morgan fingerprint density at radius 3 is 2.60 bits per heavy atom. The first-order valence-electron chi connectivity index (χ1n) is 11.9. The van der Waals surface area contributed by atoms with E-state index in [2.05, 4.69) is 4.98 Å². The van der Waals surface area contributed by atoms with Crippen LogP contribution in [0.5, 0.6) is 0 Å². The van der Waals surface area contributed by atoms with E-state index >= 15 is 4.39 Å². The second-order valence-corrected chi connectivity index (χ2v) is 9.28. The number of benzene rings is 3. The van der Waals surface area contributed by atoms with E-state index in [4.69, 9.17) is 4.74 Å². The Kier molecular flexibility index (Phi) is 4.81. The summed E-state index contributed by atoms with van der Waals surface area (Å²) >= 11 is 0. The molecule has 35 heavy (non-hydrogen) atoms. The number of hydrogen-bond donors (Lipinski definition) is 1. The number of halogens is 1. The molecule has 0 fully saturated rings. The summed E-state index contributed by atoms with van der Waals surface area (Å²) in [7, 11) is 1.72. The first-order chi connectivity index (χ1) is 17.0. The summed E-state index contributed by atoms with van der Waals surface area (Å²) in [5.74, 6) is -2.64. The summed E-state index contributed by atoms with van der Waals surface area (Å²) in [6, 6.07) is 21.9. The summed E-state index contributed by atoms with van der Waals surface area (Å²) in [4.78, 5) is 33.4. The lowest BCUT2D eigenvalue weighted by Gasteiger charge is -2.45. The molecule has 1 aliphatic heterocycles. The van der Waals surface area contributed by atoms with Crippen molar-refractivity contribution in [2.45, 2.75) is 30.6 Å². The number of aromatic nitrogens is 1. The van der Waals surface area contributed by atoms with Gasteiger partial charge in [0.15, 0.2) is 0 Å². The number of carbonyl (C=O) groups is 2. The van der Waals surface area contributed by atoms with E-state index in [1.807, 2.05) is 48.5 Å². The van der Waals surface area contributed by atoms with Gasteiger partial charge >= 0.3 is 5.97 Å². The first kappa shape index (κ1) is 21.6. The van der Waals surface area contributed by atoms with E-state index in [9.17, 15) is 9.59 Å². The number of rotatable bonds is 3. The van der Waals surface area contributed by atoms with Gasteiger partial charge in [-0.15, -0.1) is 0 Å². The van der Waals surface area contributed by atoms with Gasteiger partial charge in [-0.1, -0.05) is 54.6 Å². The number of anilines is 1. The van der Waals surface area contributed by atoms with Crippen LogP contribution in [0.15, 0.2) is 72.8 Å². The normalized spacial score (nSPS) is 22.9. The van der Waals surface area contributed by atoms with E-state index in [0.717, 1.165) is 33.4 Å². The minimum absolute atomic E-state index is 0.180. The van der Waals surface area contributed by atoms with Crippen LogP contribution in [0.1, 0.15) is 41.1 Å². The Hall–Kier alpha value is -3.93. The predicted octanol–water partition coefficient (Wildman–Crippen LogP) is 5.21. The minimum atomic E-state index is -1.35. The maximum atomic E-state index is 15.4. The second-order valence-electron chi connectivity index (χ2n) is 9.28. The maximum absolute atomic E-state index is 15.4. The molecule has 5 nitrogen and oxygen atoms in total. The Balaban J connectivity index is 1.76. The highest BCUT2D eigenvalue weighted by molar-refractivity contribution is 6.13. The van der Waals surface area contributed by atoms with Crippen molar-refractivity contribution in [3.05, 3.63) is 101 Å². The molecule has 3 atom stereocenters. The molecule has 1 spiro atoms. The molecule has 4 aromatic rings. The number of H-pyrrole nitrogens is 1. The minimum Gasteiger partial charge on any atom is -0.465 e. The van der Waals surface area contributed by atoms with Crippen molar-refractivity contribution in [1.82, 2.24) is 4.98 Å². The number of esters is 1. The van der Waals surface area contributed by atoms with Crippen LogP contribution in [-0.2, 0) is 26.2 Å². The van der Waals surface area contributed by atoms with E-state index in [1.165, 1.54) is 6.07 Å². The molecular formula is C29H25FN2O3. The number of carbonyl (C=O) groups excluding carboxylic acids is 2. The van der Waals surface area contributed by atoms with Crippen molar-refractivity contribution < 1.29 is 18.7 Å². The Morgan fingerprint density at radius 1 is 1.09 bits per heavy atom. The largest absolute Gasteiger partial charge is 0.465 e.